The smallest absolute Gasteiger partial charge is 0.465 e. The number of ether oxygens (including phenoxy) is 2. The summed E-state index contributed by atoms with van der Waals surface area (Å²) >= 11 is 0. The van der Waals surface area contributed by atoms with Crippen LogP contribution in [0.1, 0.15) is 58.8 Å². The van der Waals surface area contributed by atoms with Crippen molar-refractivity contribution in [3.8, 4) is 5.75 Å². The van der Waals surface area contributed by atoms with E-state index >= 15 is 4.39 Å². The number of benzene rings is 1. The zero-order chi connectivity index (χ0) is 30.5. The summed E-state index contributed by atoms with van der Waals surface area (Å²) in [7, 11) is -4.36. The molecule has 1 aromatic rings. The lowest BCUT2D eigenvalue weighted by Crippen LogP contribution is -2.56. The number of fused-ring (bicyclic) bond motifs is 5. The second-order valence-corrected chi connectivity index (χ2v) is 12.2. The summed E-state index contributed by atoms with van der Waals surface area (Å²) in [5.41, 5.74) is -2.58. The van der Waals surface area contributed by atoms with Gasteiger partial charge < -0.3 is 19.1 Å². The Labute approximate surface area is 242 Å². The van der Waals surface area contributed by atoms with Crippen LogP contribution in [0.2, 0.25) is 0 Å². The number of nitrogens with zero attached hydrogens (tertiary/aromatic N) is 2. The summed E-state index contributed by atoms with van der Waals surface area (Å²) < 4.78 is 52.6. The number of aliphatic hydroxyl groups is 1. The van der Waals surface area contributed by atoms with E-state index in [2.05, 4.69) is 5.09 Å². The Kier molecular flexibility index (Phi) is 10.3. The van der Waals surface area contributed by atoms with Gasteiger partial charge in [0, 0.05) is 0 Å². The fourth-order valence-electron chi connectivity index (χ4n) is 4.85. The van der Waals surface area contributed by atoms with E-state index in [1.165, 1.54) is 19.1 Å². The average Bonchev–Trinajstić information content (AvgIpc) is 3.16. The van der Waals surface area contributed by atoms with Gasteiger partial charge in [0.25, 0.3) is 0 Å². The molecule has 0 radical (unpaired) electrons. The number of para-hydroxylation sites is 1. The van der Waals surface area contributed by atoms with E-state index in [1.807, 2.05) is 0 Å². The van der Waals surface area contributed by atoms with Gasteiger partial charge in [-0.05, 0) is 38.8 Å². The van der Waals surface area contributed by atoms with Crippen LogP contribution in [-0.2, 0) is 32.9 Å². The molecule has 2 fully saturated rings. The number of urea groups is 1. The Morgan fingerprint density at radius 3 is 2.52 bits per heavy atom. The molecule has 0 aromatic heterocycles. The molecular weight excluding hydrogens is 576 g/mol. The predicted molar refractivity (Wildman–Crippen MR) is 144 cm³/mol. The van der Waals surface area contributed by atoms with Crippen molar-refractivity contribution in [1.82, 2.24) is 9.99 Å². The van der Waals surface area contributed by atoms with Gasteiger partial charge in [0.15, 0.2) is 0 Å². The molecule has 2 saturated heterocycles. The number of esters is 1. The quantitative estimate of drug-likeness (QED) is 0.219. The molecule has 6 atom stereocenters. The molecule has 3 aliphatic heterocycles. The highest BCUT2D eigenvalue weighted by molar-refractivity contribution is 7.52. The van der Waals surface area contributed by atoms with Crippen molar-refractivity contribution < 1.29 is 56.3 Å². The summed E-state index contributed by atoms with van der Waals surface area (Å²) in [6.45, 7) is 1.84. The van der Waals surface area contributed by atoms with E-state index in [-0.39, 0.29) is 25.2 Å². The van der Waals surface area contributed by atoms with Gasteiger partial charge in [-0.15, -0.1) is 0 Å². The van der Waals surface area contributed by atoms with Crippen LogP contribution in [-0.4, -0.2) is 88.0 Å². The summed E-state index contributed by atoms with van der Waals surface area (Å²) in [6, 6.07) is 5.76. The number of cyclic esters (lactones) is 1. The lowest BCUT2D eigenvalue weighted by Gasteiger charge is -2.26. The van der Waals surface area contributed by atoms with Crippen LogP contribution in [0, 0.1) is 0 Å². The molecule has 4 rings (SSSR count). The lowest BCUT2D eigenvalue weighted by atomic mass is 9.98. The number of halogens is 1. The maximum atomic E-state index is 15.9. The molecule has 0 saturated carbocycles. The topological polar surface area (TPSA) is 161 Å². The zero-order valence-electron chi connectivity index (χ0n) is 23.5. The molecule has 3 heterocycles. The summed E-state index contributed by atoms with van der Waals surface area (Å²) in [5.74, 6) is -2.03. The minimum absolute atomic E-state index is 0.0717. The van der Waals surface area contributed by atoms with E-state index in [1.54, 1.807) is 18.2 Å². The van der Waals surface area contributed by atoms with E-state index < -0.39 is 68.3 Å². The fraction of sp³-hybridized carbons (Fsp3) is 0.593. The fourth-order valence-corrected chi connectivity index (χ4v) is 6.35. The predicted octanol–water partition coefficient (Wildman–Crippen LogP) is 2.84. The maximum absolute atomic E-state index is 15.9. The number of amides is 4. The van der Waals surface area contributed by atoms with E-state index in [9.17, 15) is 28.8 Å². The minimum Gasteiger partial charge on any atom is -0.465 e. The van der Waals surface area contributed by atoms with Crippen molar-refractivity contribution in [2.45, 2.75) is 88.9 Å². The monoisotopic (exact) mass is 612 g/mol. The summed E-state index contributed by atoms with van der Waals surface area (Å²) in [6.07, 6.45) is -1.39. The molecule has 13 nitrogen and oxygen atoms in total. The van der Waals surface area contributed by atoms with Crippen molar-refractivity contribution in [2.24, 2.45) is 0 Å². The van der Waals surface area contributed by atoms with E-state index in [4.69, 9.17) is 18.5 Å². The highest BCUT2D eigenvalue weighted by atomic mass is 31.2. The summed E-state index contributed by atoms with van der Waals surface area (Å²) in [5, 5.41) is 13.3. The molecule has 6 unspecified atom stereocenters. The summed E-state index contributed by atoms with van der Waals surface area (Å²) in [4.78, 5) is 51.6. The second kappa shape index (κ2) is 13.5. The van der Waals surface area contributed by atoms with E-state index in [0.29, 0.717) is 37.0 Å². The number of carbonyl (C=O) groups excluding carboxylic acids is 4. The molecule has 230 valence electrons. The largest absolute Gasteiger partial charge is 0.510 e. The van der Waals surface area contributed by atoms with Gasteiger partial charge in [0.1, 0.15) is 30.4 Å². The number of nitrogens with one attached hydrogen (secondary N) is 1. The SMILES string of the molecule is CC1NP(=O)(Oc2ccccc2)OCC2OC([N+]3=CCC(=O)N(C(=O)CCCCCCCOC1=O)C3=O)C(C)(F)C2O. The molecule has 42 heavy (non-hydrogen) atoms. The molecule has 4 bridgehead atoms. The van der Waals surface area contributed by atoms with Crippen molar-refractivity contribution in [1.29, 1.82) is 0 Å². The third kappa shape index (κ3) is 7.30. The Hall–Kier alpha value is -3.03. The highest BCUT2D eigenvalue weighted by Crippen LogP contribution is 2.46. The van der Waals surface area contributed by atoms with Gasteiger partial charge in [-0.1, -0.05) is 42.4 Å². The van der Waals surface area contributed by atoms with Crippen LogP contribution in [0.25, 0.3) is 0 Å². The van der Waals surface area contributed by atoms with Crippen molar-refractivity contribution in [3.05, 3.63) is 30.3 Å². The van der Waals surface area contributed by atoms with Crippen LogP contribution in [0.3, 0.4) is 0 Å². The van der Waals surface area contributed by atoms with Crippen LogP contribution in [0.15, 0.2) is 30.3 Å². The number of alkyl halides is 1. The third-order valence-electron chi connectivity index (χ3n) is 7.21. The Balaban J connectivity index is 1.60. The molecule has 4 amide bonds. The number of rotatable bonds is 2. The second-order valence-electron chi connectivity index (χ2n) is 10.6. The minimum atomic E-state index is -4.36. The Morgan fingerprint density at radius 2 is 1.79 bits per heavy atom. The first-order valence-electron chi connectivity index (χ1n) is 13.9. The molecule has 2 N–H and O–H groups in total. The lowest BCUT2D eigenvalue weighted by molar-refractivity contribution is -0.545. The molecule has 0 aliphatic carbocycles. The number of carbonyl (C=O) groups is 4. The number of hydrogen-bond acceptors (Lipinski definition) is 10. The number of aliphatic hydroxyl groups excluding tert-OH is 1. The van der Waals surface area contributed by atoms with Crippen molar-refractivity contribution >= 4 is 37.8 Å². The van der Waals surface area contributed by atoms with Crippen molar-refractivity contribution in [2.75, 3.05) is 13.2 Å². The van der Waals surface area contributed by atoms with Gasteiger partial charge in [0.05, 0.1) is 25.8 Å². The Morgan fingerprint density at radius 1 is 1.10 bits per heavy atom. The van der Waals surface area contributed by atoms with Gasteiger partial charge in [0.2, 0.25) is 11.9 Å². The van der Waals surface area contributed by atoms with Gasteiger partial charge in [-0.25, -0.2) is 18.5 Å². The van der Waals surface area contributed by atoms with Crippen LogP contribution in [0.4, 0.5) is 9.18 Å². The van der Waals surface area contributed by atoms with Crippen LogP contribution < -0.4 is 9.61 Å². The van der Waals surface area contributed by atoms with Gasteiger partial charge in [-0.3, -0.25) is 9.32 Å². The first-order chi connectivity index (χ1) is 19.9. The standard InChI is InChI=1S/C27H36FN3O10P/c1-18-24(35)38-16-10-5-3-4-9-13-21(32)31-22(33)14-15-30(26(31)36)25-27(2,28)23(34)20(40-25)17-39-42(37,29-18)41-19-11-7-6-8-12-19/h6-8,11-12,15,18,20,23,25,34H,3-5,9-10,13-14,16-17H2,1-2H3,(H,29,37)/q+1. The average molecular weight is 613 g/mol. The highest BCUT2D eigenvalue weighted by Gasteiger charge is 2.61. The normalized spacial score (nSPS) is 34.3. The maximum Gasteiger partial charge on any atom is 0.510 e. The molecule has 15 heteroatoms. The third-order valence-corrected chi connectivity index (χ3v) is 8.85. The van der Waals surface area contributed by atoms with Gasteiger partial charge >= 0.3 is 31.6 Å². The molecule has 1 aromatic carbocycles. The first-order valence-corrected chi connectivity index (χ1v) is 15.4. The van der Waals surface area contributed by atoms with Crippen LogP contribution >= 0.6 is 7.75 Å². The number of hydrogen-bond donors (Lipinski definition) is 2. The van der Waals surface area contributed by atoms with Crippen LogP contribution in [0.5, 0.6) is 5.75 Å². The Bertz CT molecular complexity index is 1260. The van der Waals surface area contributed by atoms with Gasteiger partial charge in [-0.2, -0.15) is 14.5 Å². The van der Waals surface area contributed by atoms with Crippen molar-refractivity contribution in [3.63, 3.8) is 0 Å². The zero-order valence-corrected chi connectivity index (χ0v) is 24.4. The molecule has 3 aliphatic rings. The molecule has 0 spiro atoms. The number of imide groups is 3. The first kappa shape index (κ1) is 31.9. The molecular formula is C27H36FN3O10P+. The van der Waals surface area contributed by atoms with E-state index in [0.717, 1.165) is 17.7 Å².